The van der Waals surface area contributed by atoms with Crippen LogP contribution in [0.1, 0.15) is 30.9 Å². The molecular weight excluding hydrogens is 517 g/mol. The summed E-state index contributed by atoms with van der Waals surface area (Å²) in [6, 6.07) is 11.2. The van der Waals surface area contributed by atoms with Gasteiger partial charge in [0.2, 0.25) is 0 Å². The molecular formula is C24H22BrF3N2O4. The van der Waals surface area contributed by atoms with E-state index in [4.69, 9.17) is 14.9 Å². The van der Waals surface area contributed by atoms with Gasteiger partial charge in [-0.3, -0.25) is 10.2 Å². The van der Waals surface area contributed by atoms with Gasteiger partial charge in [0.05, 0.1) is 24.9 Å². The molecule has 0 aliphatic carbocycles. The molecule has 1 heterocycles. The summed E-state index contributed by atoms with van der Waals surface area (Å²) in [5, 5.41) is 8.86. The van der Waals surface area contributed by atoms with E-state index in [2.05, 4.69) is 15.9 Å². The SMILES string of the molecule is CCOC(=O)C1C(=N)N(c2cccc(C(F)(F)F)c2)C(C)=C(C(=O)OC)C1c1ccc(Br)cc1. The number of allylic oxidation sites excluding steroid dienone is 1. The number of hydrogen-bond donors (Lipinski definition) is 1. The number of hydrogen-bond acceptors (Lipinski definition) is 5. The lowest BCUT2D eigenvalue weighted by Crippen LogP contribution is -2.48. The maximum atomic E-state index is 13.4. The van der Waals surface area contributed by atoms with Gasteiger partial charge in [0.25, 0.3) is 0 Å². The Morgan fingerprint density at radius 1 is 1.15 bits per heavy atom. The third-order valence-corrected chi connectivity index (χ3v) is 6.04. The monoisotopic (exact) mass is 538 g/mol. The van der Waals surface area contributed by atoms with Crippen molar-refractivity contribution in [1.82, 2.24) is 0 Å². The number of esters is 2. The van der Waals surface area contributed by atoms with E-state index in [0.717, 1.165) is 16.6 Å². The van der Waals surface area contributed by atoms with E-state index in [1.165, 1.54) is 31.1 Å². The van der Waals surface area contributed by atoms with E-state index in [1.54, 1.807) is 31.2 Å². The number of carbonyl (C=O) groups excluding carboxylic acids is 2. The molecule has 1 N–H and O–H groups in total. The summed E-state index contributed by atoms with van der Waals surface area (Å²) < 4.78 is 51.1. The largest absolute Gasteiger partial charge is 0.466 e. The van der Waals surface area contributed by atoms with Crippen LogP contribution in [0.4, 0.5) is 18.9 Å². The molecule has 0 bridgehead atoms. The summed E-state index contributed by atoms with van der Waals surface area (Å²) in [6.07, 6.45) is -4.61. The van der Waals surface area contributed by atoms with Crippen LogP contribution >= 0.6 is 15.9 Å². The molecule has 0 saturated heterocycles. The van der Waals surface area contributed by atoms with Gasteiger partial charge in [-0.1, -0.05) is 34.1 Å². The molecule has 10 heteroatoms. The van der Waals surface area contributed by atoms with Crippen LogP contribution < -0.4 is 4.90 Å². The van der Waals surface area contributed by atoms with Crippen LogP contribution in [0.25, 0.3) is 0 Å². The average Bonchev–Trinajstić information content (AvgIpc) is 2.78. The molecule has 2 unspecified atom stereocenters. The second kappa shape index (κ2) is 10.0. The molecule has 0 spiro atoms. The zero-order valence-corrected chi connectivity index (χ0v) is 20.2. The van der Waals surface area contributed by atoms with E-state index >= 15 is 0 Å². The van der Waals surface area contributed by atoms with Crippen LogP contribution in [0.2, 0.25) is 0 Å². The number of benzene rings is 2. The Morgan fingerprint density at radius 2 is 1.79 bits per heavy atom. The highest BCUT2D eigenvalue weighted by Crippen LogP contribution is 2.44. The fourth-order valence-electron chi connectivity index (χ4n) is 4.04. The van der Waals surface area contributed by atoms with Gasteiger partial charge in [-0.15, -0.1) is 0 Å². The van der Waals surface area contributed by atoms with E-state index in [1.807, 2.05) is 0 Å². The molecule has 3 rings (SSSR count). The minimum atomic E-state index is -4.61. The number of nitrogens with one attached hydrogen (secondary N) is 1. The molecule has 0 aromatic heterocycles. The molecule has 34 heavy (non-hydrogen) atoms. The zero-order valence-electron chi connectivity index (χ0n) is 18.6. The second-order valence-electron chi connectivity index (χ2n) is 7.52. The van der Waals surface area contributed by atoms with E-state index < -0.39 is 35.5 Å². The van der Waals surface area contributed by atoms with Gasteiger partial charge in [0.1, 0.15) is 11.8 Å². The first-order valence-corrected chi connectivity index (χ1v) is 11.1. The molecule has 0 fully saturated rings. The number of nitrogens with zero attached hydrogens (tertiary/aromatic N) is 1. The van der Waals surface area contributed by atoms with Gasteiger partial charge < -0.3 is 14.4 Å². The highest BCUT2D eigenvalue weighted by molar-refractivity contribution is 9.10. The Morgan fingerprint density at radius 3 is 2.35 bits per heavy atom. The van der Waals surface area contributed by atoms with Crippen LogP contribution in [0, 0.1) is 11.3 Å². The lowest BCUT2D eigenvalue weighted by atomic mass is 9.75. The van der Waals surface area contributed by atoms with E-state index in [0.29, 0.717) is 5.56 Å². The molecule has 0 amide bonds. The zero-order chi connectivity index (χ0) is 25.2. The molecule has 0 saturated carbocycles. The lowest BCUT2D eigenvalue weighted by Gasteiger charge is -2.40. The van der Waals surface area contributed by atoms with Crippen LogP contribution in [-0.4, -0.2) is 31.5 Å². The number of amidine groups is 1. The van der Waals surface area contributed by atoms with E-state index in [9.17, 15) is 22.8 Å². The first-order valence-electron chi connectivity index (χ1n) is 10.3. The van der Waals surface area contributed by atoms with Gasteiger partial charge >= 0.3 is 18.1 Å². The Kier molecular flexibility index (Phi) is 7.50. The molecule has 2 atom stereocenters. The van der Waals surface area contributed by atoms with Crippen LogP contribution in [0.3, 0.4) is 0 Å². The fraction of sp³-hybridized carbons (Fsp3) is 0.292. The number of carbonyl (C=O) groups is 2. The number of halogens is 4. The van der Waals surface area contributed by atoms with E-state index in [-0.39, 0.29) is 29.4 Å². The summed E-state index contributed by atoms with van der Waals surface area (Å²) in [5.41, 5.74) is -0.148. The highest BCUT2D eigenvalue weighted by atomic mass is 79.9. The quantitative estimate of drug-likeness (QED) is 0.495. The molecule has 2 aromatic rings. The minimum Gasteiger partial charge on any atom is -0.466 e. The topological polar surface area (TPSA) is 79.7 Å². The van der Waals surface area contributed by atoms with Crippen LogP contribution in [0.15, 0.2) is 64.3 Å². The first-order chi connectivity index (χ1) is 16.0. The number of rotatable bonds is 5. The summed E-state index contributed by atoms with van der Waals surface area (Å²) in [4.78, 5) is 27.2. The number of ether oxygens (including phenoxy) is 2. The summed E-state index contributed by atoms with van der Waals surface area (Å²) in [6.45, 7) is 3.13. The second-order valence-corrected chi connectivity index (χ2v) is 8.43. The predicted octanol–water partition coefficient (Wildman–Crippen LogP) is 5.68. The van der Waals surface area contributed by atoms with Crippen molar-refractivity contribution in [3.63, 3.8) is 0 Å². The standard InChI is InChI=1S/C24H22BrF3N2O4/c1-4-34-23(32)20-19(14-8-10-16(25)11-9-14)18(22(31)33-3)13(2)30(21(20)29)17-7-5-6-15(12-17)24(26,27)28/h5-12,19-20,29H,4H2,1-3H3. The van der Waals surface area contributed by atoms with Crippen molar-refractivity contribution in [2.75, 3.05) is 18.6 Å². The predicted molar refractivity (Wildman–Crippen MR) is 123 cm³/mol. The molecule has 2 aromatic carbocycles. The van der Waals surface area contributed by atoms with Gasteiger partial charge in [-0.05, 0) is 49.7 Å². The molecule has 0 radical (unpaired) electrons. The van der Waals surface area contributed by atoms with Gasteiger partial charge in [0, 0.05) is 21.8 Å². The average molecular weight is 539 g/mol. The van der Waals surface area contributed by atoms with Gasteiger partial charge in [-0.25, -0.2) is 4.79 Å². The maximum Gasteiger partial charge on any atom is 0.416 e. The normalized spacial score (nSPS) is 18.7. The molecule has 6 nitrogen and oxygen atoms in total. The van der Waals surface area contributed by atoms with Crippen molar-refractivity contribution >= 4 is 39.4 Å². The number of anilines is 1. The van der Waals surface area contributed by atoms with Crippen molar-refractivity contribution < 1.29 is 32.2 Å². The Bertz CT molecular complexity index is 1150. The number of alkyl halides is 3. The Balaban J connectivity index is 2.30. The summed E-state index contributed by atoms with van der Waals surface area (Å²) >= 11 is 3.35. The minimum absolute atomic E-state index is 0.0118. The Hall–Kier alpha value is -3.14. The third kappa shape index (κ3) is 4.86. The summed E-state index contributed by atoms with van der Waals surface area (Å²) in [7, 11) is 1.18. The van der Waals surface area contributed by atoms with Crippen molar-refractivity contribution in [3.8, 4) is 0 Å². The third-order valence-electron chi connectivity index (χ3n) is 5.51. The summed E-state index contributed by atoms with van der Waals surface area (Å²) in [5.74, 6) is -4.08. The molecule has 1 aliphatic heterocycles. The van der Waals surface area contributed by atoms with Crippen molar-refractivity contribution in [2.24, 2.45) is 5.92 Å². The Labute approximate surface area is 203 Å². The molecule has 180 valence electrons. The van der Waals surface area contributed by atoms with Gasteiger partial charge in [-0.2, -0.15) is 13.2 Å². The highest BCUT2D eigenvalue weighted by Gasteiger charge is 2.47. The smallest absolute Gasteiger partial charge is 0.416 e. The van der Waals surface area contributed by atoms with Crippen LogP contribution in [0.5, 0.6) is 0 Å². The number of methoxy groups -OCH3 is 1. The first kappa shape index (κ1) is 25.5. The van der Waals surface area contributed by atoms with Crippen LogP contribution in [-0.2, 0) is 25.2 Å². The maximum absolute atomic E-state index is 13.4. The molecule has 1 aliphatic rings. The van der Waals surface area contributed by atoms with Crippen molar-refractivity contribution in [3.05, 3.63) is 75.4 Å². The van der Waals surface area contributed by atoms with Gasteiger partial charge in [0.15, 0.2) is 0 Å². The fourth-order valence-corrected chi connectivity index (χ4v) is 4.30. The van der Waals surface area contributed by atoms with Crippen molar-refractivity contribution in [2.45, 2.75) is 25.9 Å². The lowest BCUT2D eigenvalue weighted by molar-refractivity contribution is -0.146. The van der Waals surface area contributed by atoms with Crippen molar-refractivity contribution in [1.29, 1.82) is 5.41 Å².